The highest BCUT2D eigenvalue weighted by atomic mass is 35.5. The van der Waals surface area contributed by atoms with E-state index >= 15 is 0 Å². The average Bonchev–Trinajstić information content (AvgIpc) is 2.66. The molecule has 0 radical (unpaired) electrons. The van der Waals surface area contributed by atoms with Gasteiger partial charge in [0.05, 0.1) is 5.02 Å². The molecule has 0 aliphatic carbocycles. The summed E-state index contributed by atoms with van der Waals surface area (Å²) < 4.78 is 10.5. The Labute approximate surface area is 86.6 Å². The highest BCUT2D eigenvalue weighted by Gasteiger charge is 2.20. The molecule has 0 fully saturated rings. The third-order valence-corrected chi connectivity index (χ3v) is 2.38. The smallest absolute Gasteiger partial charge is 0.231 e. The van der Waals surface area contributed by atoms with Crippen LogP contribution in [0.3, 0.4) is 0 Å². The SMILES string of the molecule is O=CCCc1ccc(Cl)c2c1OCO2. The zero-order valence-electron chi connectivity index (χ0n) is 7.46. The monoisotopic (exact) mass is 212 g/mol. The number of hydrogen-bond acceptors (Lipinski definition) is 3. The van der Waals surface area contributed by atoms with Crippen molar-refractivity contribution in [3.8, 4) is 11.5 Å². The van der Waals surface area contributed by atoms with E-state index in [0.717, 1.165) is 11.8 Å². The van der Waals surface area contributed by atoms with Crippen LogP contribution in [-0.2, 0) is 11.2 Å². The summed E-state index contributed by atoms with van der Waals surface area (Å²) in [5.74, 6) is 1.27. The number of hydrogen-bond donors (Lipinski definition) is 0. The molecule has 74 valence electrons. The van der Waals surface area contributed by atoms with Gasteiger partial charge in [-0.15, -0.1) is 0 Å². The standard InChI is InChI=1S/C10H9ClO3/c11-8-4-3-7(2-1-5-12)9-10(8)14-6-13-9/h3-5H,1-2,6H2. The number of rotatable bonds is 3. The molecule has 0 aromatic heterocycles. The van der Waals surface area contributed by atoms with Gasteiger partial charge in [0, 0.05) is 6.42 Å². The van der Waals surface area contributed by atoms with Gasteiger partial charge < -0.3 is 14.3 Å². The lowest BCUT2D eigenvalue weighted by Crippen LogP contribution is -1.94. The van der Waals surface area contributed by atoms with Crippen molar-refractivity contribution in [1.29, 1.82) is 0 Å². The summed E-state index contributed by atoms with van der Waals surface area (Å²) in [6, 6.07) is 3.62. The van der Waals surface area contributed by atoms with E-state index in [4.69, 9.17) is 21.1 Å². The van der Waals surface area contributed by atoms with Crippen molar-refractivity contribution in [3.63, 3.8) is 0 Å². The minimum absolute atomic E-state index is 0.202. The summed E-state index contributed by atoms with van der Waals surface area (Å²) in [7, 11) is 0. The first-order valence-electron chi connectivity index (χ1n) is 4.33. The summed E-state index contributed by atoms with van der Waals surface area (Å²) in [5, 5.41) is 0.548. The van der Waals surface area contributed by atoms with Crippen LogP contribution in [0.2, 0.25) is 5.02 Å². The Morgan fingerprint density at radius 3 is 2.93 bits per heavy atom. The quantitative estimate of drug-likeness (QED) is 0.721. The van der Waals surface area contributed by atoms with Gasteiger partial charge in [-0.3, -0.25) is 0 Å². The molecule has 0 spiro atoms. The predicted octanol–water partition coefficient (Wildman–Crippen LogP) is 2.20. The second-order valence-corrected chi connectivity index (χ2v) is 3.38. The number of carbonyl (C=O) groups is 1. The summed E-state index contributed by atoms with van der Waals surface area (Å²) in [6.45, 7) is 0.202. The van der Waals surface area contributed by atoms with Crippen LogP contribution in [-0.4, -0.2) is 13.1 Å². The van der Waals surface area contributed by atoms with Crippen LogP contribution in [0.5, 0.6) is 11.5 Å². The van der Waals surface area contributed by atoms with Crippen LogP contribution in [0.15, 0.2) is 12.1 Å². The zero-order valence-corrected chi connectivity index (χ0v) is 8.21. The maximum Gasteiger partial charge on any atom is 0.231 e. The molecule has 0 saturated carbocycles. The molecule has 14 heavy (non-hydrogen) atoms. The molecule has 4 heteroatoms. The van der Waals surface area contributed by atoms with Gasteiger partial charge in [0.1, 0.15) is 6.29 Å². The molecule has 3 nitrogen and oxygen atoms in total. The minimum atomic E-state index is 0.202. The maximum absolute atomic E-state index is 10.2. The minimum Gasteiger partial charge on any atom is -0.453 e. The second kappa shape index (κ2) is 3.88. The van der Waals surface area contributed by atoms with Gasteiger partial charge in [-0.25, -0.2) is 0 Å². The van der Waals surface area contributed by atoms with E-state index in [2.05, 4.69) is 0 Å². The molecule has 0 unspecified atom stereocenters. The molecule has 0 amide bonds. The van der Waals surface area contributed by atoms with Crippen molar-refractivity contribution in [2.45, 2.75) is 12.8 Å². The molecule has 1 aromatic carbocycles. The molecular formula is C10H9ClO3. The maximum atomic E-state index is 10.2. The van der Waals surface area contributed by atoms with Crippen LogP contribution in [0, 0.1) is 0 Å². The van der Waals surface area contributed by atoms with E-state index in [1.54, 1.807) is 6.07 Å². The number of benzene rings is 1. The molecular weight excluding hydrogens is 204 g/mol. The number of halogens is 1. The molecule has 2 rings (SSSR count). The third kappa shape index (κ3) is 1.55. The highest BCUT2D eigenvalue weighted by Crippen LogP contribution is 2.41. The molecule has 1 aromatic rings. The Morgan fingerprint density at radius 2 is 2.14 bits per heavy atom. The van der Waals surface area contributed by atoms with Gasteiger partial charge in [0.2, 0.25) is 6.79 Å². The van der Waals surface area contributed by atoms with Gasteiger partial charge >= 0.3 is 0 Å². The van der Waals surface area contributed by atoms with Crippen LogP contribution < -0.4 is 9.47 Å². The molecule has 1 aliphatic heterocycles. The van der Waals surface area contributed by atoms with Crippen molar-refractivity contribution in [2.24, 2.45) is 0 Å². The van der Waals surface area contributed by atoms with Crippen LogP contribution >= 0.6 is 11.6 Å². The van der Waals surface area contributed by atoms with Crippen molar-refractivity contribution in [3.05, 3.63) is 22.7 Å². The van der Waals surface area contributed by atoms with Crippen molar-refractivity contribution in [2.75, 3.05) is 6.79 Å². The largest absolute Gasteiger partial charge is 0.453 e. The lowest BCUT2D eigenvalue weighted by molar-refractivity contribution is -0.107. The van der Waals surface area contributed by atoms with E-state index < -0.39 is 0 Å². The number of aldehydes is 1. The fraction of sp³-hybridized carbons (Fsp3) is 0.300. The van der Waals surface area contributed by atoms with Gasteiger partial charge in [-0.05, 0) is 18.1 Å². The van der Waals surface area contributed by atoms with Crippen LogP contribution in [0.25, 0.3) is 0 Å². The Balaban J connectivity index is 2.33. The van der Waals surface area contributed by atoms with Crippen molar-refractivity contribution in [1.82, 2.24) is 0 Å². The summed E-state index contributed by atoms with van der Waals surface area (Å²) in [4.78, 5) is 10.2. The van der Waals surface area contributed by atoms with Crippen molar-refractivity contribution >= 4 is 17.9 Å². The number of fused-ring (bicyclic) bond motifs is 1. The lowest BCUT2D eigenvalue weighted by atomic mass is 10.1. The number of aryl methyl sites for hydroxylation is 1. The summed E-state index contributed by atoms with van der Waals surface area (Å²) in [6.07, 6.45) is 2.03. The number of ether oxygens (including phenoxy) is 2. The molecule has 1 aliphatic rings. The van der Waals surface area contributed by atoms with E-state index in [9.17, 15) is 4.79 Å². The zero-order chi connectivity index (χ0) is 9.97. The Hall–Kier alpha value is -1.22. The predicted molar refractivity (Wildman–Crippen MR) is 52.0 cm³/mol. The van der Waals surface area contributed by atoms with Gasteiger partial charge in [0.25, 0.3) is 0 Å². The molecule has 0 bridgehead atoms. The lowest BCUT2D eigenvalue weighted by Gasteiger charge is -2.04. The van der Waals surface area contributed by atoms with Gasteiger partial charge in [0.15, 0.2) is 11.5 Å². The molecule has 0 saturated heterocycles. The topological polar surface area (TPSA) is 35.5 Å². The Kier molecular flexibility index (Phi) is 2.59. The van der Waals surface area contributed by atoms with E-state index in [1.807, 2.05) is 6.07 Å². The summed E-state index contributed by atoms with van der Waals surface area (Å²) >= 11 is 5.90. The van der Waals surface area contributed by atoms with E-state index in [1.165, 1.54) is 0 Å². The Morgan fingerprint density at radius 1 is 1.36 bits per heavy atom. The normalized spacial score (nSPS) is 12.9. The Bertz CT molecular complexity index is 363. The summed E-state index contributed by atoms with van der Waals surface area (Å²) in [5.41, 5.74) is 0.967. The highest BCUT2D eigenvalue weighted by molar-refractivity contribution is 6.32. The van der Waals surface area contributed by atoms with E-state index in [-0.39, 0.29) is 6.79 Å². The second-order valence-electron chi connectivity index (χ2n) is 2.98. The first-order valence-corrected chi connectivity index (χ1v) is 4.71. The first-order chi connectivity index (χ1) is 6.83. The fourth-order valence-electron chi connectivity index (χ4n) is 1.43. The van der Waals surface area contributed by atoms with Crippen LogP contribution in [0.1, 0.15) is 12.0 Å². The van der Waals surface area contributed by atoms with Gasteiger partial charge in [-0.1, -0.05) is 17.7 Å². The van der Waals surface area contributed by atoms with Crippen LogP contribution in [0.4, 0.5) is 0 Å². The van der Waals surface area contributed by atoms with Gasteiger partial charge in [-0.2, -0.15) is 0 Å². The fourth-order valence-corrected chi connectivity index (χ4v) is 1.63. The molecule has 0 N–H and O–H groups in total. The molecule has 1 heterocycles. The first kappa shape index (κ1) is 9.34. The average molecular weight is 213 g/mol. The van der Waals surface area contributed by atoms with E-state index in [0.29, 0.717) is 29.4 Å². The third-order valence-electron chi connectivity index (χ3n) is 2.08. The molecule has 0 atom stereocenters. The van der Waals surface area contributed by atoms with Crippen molar-refractivity contribution < 1.29 is 14.3 Å². The number of carbonyl (C=O) groups excluding carboxylic acids is 1.